The molecule has 5 nitrogen and oxygen atoms in total. The minimum atomic E-state index is -0.922. The van der Waals surface area contributed by atoms with Crippen molar-refractivity contribution in [3.63, 3.8) is 0 Å². The summed E-state index contributed by atoms with van der Waals surface area (Å²) in [5.41, 5.74) is 5.84. The molecule has 0 saturated carbocycles. The highest BCUT2D eigenvalue weighted by Gasteiger charge is 2.15. The highest BCUT2D eigenvalue weighted by molar-refractivity contribution is 5.81. The molecule has 0 aliphatic rings. The lowest BCUT2D eigenvalue weighted by Crippen LogP contribution is -2.17. The molecule has 0 heterocycles. The normalized spacial score (nSPS) is 11.2. The average molecular weight is 232 g/mol. The molecule has 1 unspecified atom stereocenters. The van der Waals surface area contributed by atoms with Gasteiger partial charge in [0.15, 0.2) is 0 Å². The second kappa shape index (κ2) is 5.56. The third kappa shape index (κ3) is 3.24. The van der Waals surface area contributed by atoms with E-state index in [1.807, 2.05) is 0 Å². The van der Waals surface area contributed by atoms with Crippen LogP contribution in [0.3, 0.4) is 0 Å². The number of nitrogens with two attached hydrogens (primary N) is 1. The van der Waals surface area contributed by atoms with Crippen molar-refractivity contribution in [2.24, 2.45) is 5.73 Å². The second-order valence-electron chi connectivity index (χ2n) is 3.30. The molecule has 17 heavy (non-hydrogen) atoms. The summed E-state index contributed by atoms with van der Waals surface area (Å²) in [5.74, 6) is 2.35. The van der Waals surface area contributed by atoms with Gasteiger partial charge >= 0.3 is 6.09 Å². The van der Waals surface area contributed by atoms with Crippen LogP contribution in [0.1, 0.15) is 23.7 Å². The number of phenolic OH excluding ortho intramolecular Hbond substituents is 1. The van der Waals surface area contributed by atoms with Crippen LogP contribution in [0.15, 0.2) is 18.2 Å². The second-order valence-corrected chi connectivity index (χ2v) is 3.30. The summed E-state index contributed by atoms with van der Waals surface area (Å²) in [6, 6.07) is 4.49. The first-order valence-electron chi connectivity index (χ1n) is 4.81. The molecule has 0 bridgehead atoms. The van der Waals surface area contributed by atoms with Crippen LogP contribution < -0.4 is 5.73 Å². The molecule has 4 N–H and O–H groups in total. The Hall–Kier alpha value is -2.48. The lowest BCUT2D eigenvalue weighted by Gasteiger charge is -2.15. The van der Waals surface area contributed by atoms with Gasteiger partial charge in [-0.1, -0.05) is 6.07 Å². The SMILES string of the molecule is C#CCC(OC(N)=O)c1ccc(O)c(C=N)c1. The van der Waals surface area contributed by atoms with E-state index < -0.39 is 12.2 Å². The Morgan fingerprint density at radius 2 is 2.41 bits per heavy atom. The molecule has 0 aliphatic heterocycles. The molecule has 0 radical (unpaired) electrons. The Labute approximate surface area is 98.7 Å². The van der Waals surface area contributed by atoms with Gasteiger partial charge in [-0.25, -0.2) is 4.79 Å². The highest BCUT2D eigenvalue weighted by atomic mass is 16.6. The number of amides is 1. The first kappa shape index (κ1) is 12.6. The maximum atomic E-state index is 10.7. The van der Waals surface area contributed by atoms with E-state index in [0.29, 0.717) is 11.1 Å². The molecule has 5 heteroatoms. The molecular formula is C12H12N2O3. The zero-order chi connectivity index (χ0) is 12.8. The van der Waals surface area contributed by atoms with Crippen LogP contribution in [0.2, 0.25) is 0 Å². The first-order valence-corrected chi connectivity index (χ1v) is 4.81. The zero-order valence-electron chi connectivity index (χ0n) is 9.01. The predicted octanol–water partition coefficient (Wildman–Crippen LogP) is 1.55. The summed E-state index contributed by atoms with van der Waals surface area (Å²) in [4.78, 5) is 10.7. The van der Waals surface area contributed by atoms with Crippen molar-refractivity contribution in [2.75, 3.05) is 0 Å². The minimum Gasteiger partial charge on any atom is -0.507 e. The standard InChI is InChI=1S/C12H12N2O3/c1-2-3-11(17-12(14)16)8-4-5-10(15)9(6-8)7-13/h1,4-7,11,13,15H,3H2,(H2,14,16). The van der Waals surface area contributed by atoms with Crippen LogP contribution in [-0.4, -0.2) is 17.4 Å². The number of hydrogen-bond acceptors (Lipinski definition) is 4. The Balaban J connectivity index is 3.06. The maximum absolute atomic E-state index is 10.7. The molecule has 1 aromatic rings. The van der Waals surface area contributed by atoms with Crippen molar-refractivity contribution in [2.45, 2.75) is 12.5 Å². The summed E-state index contributed by atoms with van der Waals surface area (Å²) in [5, 5.41) is 16.5. The van der Waals surface area contributed by atoms with Gasteiger partial charge in [-0.15, -0.1) is 12.3 Å². The van der Waals surface area contributed by atoms with Crippen LogP contribution >= 0.6 is 0 Å². The fourth-order valence-corrected chi connectivity index (χ4v) is 1.36. The van der Waals surface area contributed by atoms with Crippen molar-refractivity contribution in [1.29, 1.82) is 5.41 Å². The fourth-order valence-electron chi connectivity index (χ4n) is 1.36. The van der Waals surface area contributed by atoms with Gasteiger partial charge in [0.1, 0.15) is 11.9 Å². The van der Waals surface area contributed by atoms with Gasteiger partial charge in [0.2, 0.25) is 0 Å². The number of benzene rings is 1. The van der Waals surface area contributed by atoms with Crippen molar-refractivity contribution in [3.05, 3.63) is 29.3 Å². The van der Waals surface area contributed by atoms with E-state index in [2.05, 4.69) is 5.92 Å². The van der Waals surface area contributed by atoms with E-state index in [4.69, 9.17) is 22.3 Å². The number of primary amides is 1. The van der Waals surface area contributed by atoms with Gasteiger partial charge in [-0.05, 0) is 17.7 Å². The number of hydrogen-bond donors (Lipinski definition) is 3. The number of carbonyl (C=O) groups excluding carboxylic acids is 1. The highest BCUT2D eigenvalue weighted by Crippen LogP contribution is 2.25. The van der Waals surface area contributed by atoms with Crippen LogP contribution in [0.25, 0.3) is 0 Å². The molecule has 0 spiro atoms. The molecule has 0 saturated heterocycles. The summed E-state index contributed by atoms with van der Waals surface area (Å²) in [6.45, 7) is 0. The molecule has 1 rings (SSSR count). The van der Waals surface area contributed by atoms with Gasteiger partial charge < -0.3 is 21.0 Å². The molecule has 1 amide bonds. The van der Waals surface area contributed by atoms with Crippen LogP contribution in [0, 0.1) is 17.8 Å². The Kier molecular flexibility index (Phi) is 4.12. The number of aromatic hydroxyl groups is 1. The van der Waals surface area contributed by atoms with E-state index >= 15 is 0 Å². The van der Waals surface area contributed by atoms with E-state index in [1.165, 1.54) is 12.1 Å². The minimum absolute atomic E-state index is 0.0257. The lowest BCUT2D eigenvalue weighted by molar-refractivity contribution is 0.109. The van der Waals surface area contributed by atoms with Crippen molar-refractivity contribution >= 4 is 12.3 Å². The molecule has 1 aromatic carbocycles. The van der Waals surface area contributed by atoms with Crippen molar-refractivity contribution in [1.82, 2.24) is 0 Å². The number of phenols is 1. The van der Waals surface area contributed by atoms with E-state index in [-0.39, 0.29) is 12.2 Å². The van der Waals surface area contributed by atoms with Crippen molar-refractivity contribution < 1.29 is 14.6 Å². The quantitative estimate of drug-likeness (QED) is 0.542. The summed E-state index contributed by atoms with van der Waals surface area (Å²) < 4.78 is 4.86. The van der Waals surface area contributed by atoms with E-state index in [0.717, 1.165) is 6.21 Å². The summed E-state index contributed by atoms with van der Waals surface area (Å²) in [7, 11) is 0. The number of carbonyl (C=O) groups is 1. The van der Waals surface area contributed by atoms with Crippen molar-refractivity contribution in [3.8, 4) is 18.1 Å². The number of rotatable bonds is 4. The molecule has 1 atom stereocenters. The number of terminal acetylenes is 1. The predicted molar refractivity (Wildman–Crippen MR) is 62.9 cm³/mol. The van der Waals surface area contributed by atoms with E-state index in [1.54, 1.807) is 6.07 Å². The van der Waals surface area contributed by atoms with Gasteiger partial charge in [-0.3, -0.25) is 0 Å². The van der Waals surface area contributed by atoms with E-state index in [9.17, 15) is 9.90 Å². The third-order valence-electron chi connectivity index (χ3n) is 2.14. The smallest absolute Gasteiger partial charge is 0.405 e. The van der Waals surface area contributed by atoms with Gasteiger partial charge in [-0.2, -0.15) is 0 Å². The molecule has 0 aliphatic carbocycles. The zero-order valence-corrected chi connectivity index (χ0v) is 9.01. The molecule has 0 aromatic heterocycles. The molecular weight excluding hydrogens is 220 g/mol. The molecule has 88 valence electrons. The summed E-state index contributed by atoms with van der Waals surface area (Å²) in [6.07, 6.45) is 4.74. The number of nitrogens with one attached hydrogen (secondary N) is 1. The average Bonchev–Trinajstić information content (AvgIpc) is 2.28. The Morgan fingerprint density at radius 1 is 1.71 bits per heavy atom. The largest absolute Gasteiger partial charge is 0.507 e. The first-order chi connectivity index (χ1) is 8.08. The van der Waals surface area contributed by atoms with Gasteiger partial charge in [0, 0.05) is 11.8 Å². The fraction of sp³-hybridized carbons (Fsp3) is 0.167. The molecule has 0 fully saturated rings. The summed E-state index contributed by atoms with van der Waals surface area (Å²) >= 11 is 0. The van der Waals surface area contributed by atoms with Crippen LogP contribution in [0.5, 0.6) is 5.75 Å². The van der Waals surface area contributed by atoms with Crippen LogP contribution in [-0.2, 0) is 4.74 Å². The van der Waals surface area contributed by atoms with Gasteiger partial charge in [0.25, 0.3) is 0 Å². The maximum Gasteiger partial charge on any atom is 0.405 e. The monoisotopic (exact) mass is 232 g/mol. The Morgan fingerprint density at radius 3 is 2.94 bits per heavy atom. The van der Waals surface area contributed by atoms with Gasteiger partial charge in [0.05, 0.1) is 6.42 Å². The Bertz CT molecular complexity index is 477. The topological polar surface area (TPSA) is 96.4 Å². The number of ether oxygens (including phenoxy) is 1. The lowest BCUT2D eigenvalue weighted by atomic mass is 10.0. The van der Waals surface area contributed by atoms with Crippen LogP contribution in [0.4, 0.5) is 4.79 Å². The third-order valence-corrected chi connectivity index (χ3v) is 2.14.